The van der Waals surface area contributed by atoms with Crippen LogP contribution in [0, 0.1) is 5.82 Å². The van der Waals surface area contributed by atoms with Crippen molar-refractivity contribution in [3.63, 3.8) is 0 Å². The summed E-state index contributed by atoms with van der Waals surface area (Å²) in [5.41, 5.74) is 0.797. The van der Waals surface area contributed by atoms with Gasteiger partial charge in [0, 0.05) is 11.1 Å². The van der Waals surface area contributed by atoms with Gasteiger partial charge in [0.1, 0.15) is 5.82 Å². The predicted octanol–water partition coefficient (Wildman–Crippen LogP) is 4.43. The molecule has 98 valence electrons. The van der Waals surface area contributed by atoms with Gasteiger partial charge in [-0.05, 0) is 11.6 Å². The fourth-order valence-corrected chi connectivity index (χ4v) is 2.20. The summed E-state index contributed by atoms with van der Waals surface area (Å²) >= 11 is 11.9. The van der Waals surface area contributed by atoms with Crippen molar-refractivity contribution in [2.75, 3.05) is 0 Å². The largest absolute Gasteiger partial charge is 0.481 e. The van der Waals surface area contributed by atoms with Gasteiger partial charge in [0.2, 0.25) is 0 Å². The molecule has 0 aliphatic carbocycles. The van der Waals surface area contributed by atoms with Crippen molar-refractivity contribution < 1.29 is 14.3 Å². The highest BCUT2D eigenvalue weighted by Gasteiger charge is 2.15. The summed E-state index contributed by atoms with van der Waals surface area (Å²) in [7, 11) is 0. The Morgan fingerprint density at radius 3 is 2.42 bits per heavy atom. The molecule has 0 spiro atoms. The first-order valence-corrected chi connectivity index (χ1v) is 6.20. The summed E-state index contributed by atoms with van der Waals surface area (Å²) in [6, 6.07) is 9.47. The van der Waals surface area contributed by atoms with Gasteiger partial charge >= 0.3 is 5.97 Å². The molecule has 5 heteroatoms. The number of halogens is 3. The quantitative estimate of drug-likeness (QED) is 0.910. The Morgan fingerprint density at radius 1 is 1.11 bits per heavy atom. The smallest absolute Gasteiger partial charge is 0.307 e. The predicted molar refractivity (Wildman–Crippen MR) is 73.2 cm³/mol. The SMILES string of the molecule is O=C(O)Cc1cccc(-c2cccc(Cl)c2Cl)c1F. The van der Waals surface area contributed by atoms with Crippen molar-refractivity contribution in [3.8, 4) is 11.1 Å². The van der Waals surface area contributed by atoms with Crippen LogP contribution in [-0.2, 0) is 11.2 Å². The number of carbonyl (C=O) groups is 1. The van der Waals surface area contributed by atoms with E-state index in [0.717, 1.165) is 0 Å². The topological polar surface area (TPSA) is 37.3 Å². The molecule has 0 aliphatic heterocycles. The van der Waals surface area contributed by atoms with Crippen LogP contribution in [0.15, 0.2) is 36.4 Å². The number of rotatable bonds is 3. The zero-order valence-corrected chi connectivity index (χ0v) is 11.2. The highest BCUT2D eigenvalue weighted by molar-refractivity contribution is 6.43. The lowest BCUT2D eigenvalue weighted by molar-refractivity contribution is -0.136. The zero-order valence-electron chi connectivity index (χ0n) is 9.66. The van der Waals surface area contributed by atoms with E-state index in [2.05, 4.69) is 0 Å². The molecule has 0 heterocycles. The molecule has 0 unspecified atom stereocenters. The van der Waals surface area contributed by atoms with E-state index >= 15 is 0 Å². The van der Waals surface area contributed by atoms with Crippen molar-refractivity contribution in [1.82, 2.24) is 0 Å². The fraction of sp³-hybridized carbons (Fsp3) is 0.0714. The molecule has 0 bridgehead atoms. The maximum atomic E-state index is 14.3. The highest BCUT2D eigenvalue weighted by Crippen LogP contribution is 2.35. The molecule has 1 N–H and O–H groups in total. The molecular formula is C14H9Cl2FO2. The first-order chi connectivity index (χ1) is 9.00. The minimum absolute atomic E-state index is 0.112. The van der Waals surface area contributed by atoms with Crippen molar-refractivity contribution in [2.45, 2.75) is 6.42 Å². The Labute approximate surface area is 119 Å². The average molecular weight is 299 g/mol. The van der Waals surface area contributed by atoms with E-state index in [-0.39, 0.29) is 22.6 Å². The molecule has 2 nitrogen and oxygen atoms in total. The summed E-state index contributed by atoms with van der Waals surface area (Å²) in [5, 5.41) is 9.31. The van der Waals surface area contributed by atoms with Crippen LogP contribution in [0.3, 0.4) is 0 Å². The van der Waals surface area contributed by atoms with Crippen LogP contribution in [0.2, 0.25) is 10.0 Å². The second kappa shape index (κ2) is 5.59. The number of hydrogen-bond acceptors (Lipinski definition) is 1. The van der Waals surface area contributed by atoms with Crippen LogP contribution >= 0.6 is 23.2 Å². The van der Waals surface area contributed by atoms with E-state index in [9.17, 15) is 9.18 Å². The molecule has 0 saturated heterocycles. The highest BCUT2D eigenvalue weighted by atomic mass is 35.5. The van der Waals surface area contributed by atoms with Crippen molar-refractivity contribution in [1.29, 1.82) is 0 Å². The molecule has 0 atom stereocenters. The Morgan fingerprint density at radius 2 is 1.74 bits per heavy atom. The van der Waals surface area contributed by atoms with Crippen molar-refractivity contribution in [2.24, 2.45) is 0 Å². The Kier molecular flexibility index (Phi) is 4.08. The van der Waals surface area contributed by atoms with Crippen molar-refractivity contribution >= 4 is 29.2 Å². The van der Waals surface area contributed by atoms with E-state index in [1.165, 1.54) is 12.1 Å². The van der Waals surface area contributed by atoms with Gasteiger partial charge < -0.3 is 5.11 Å². The average Bonchev–Trinajstić information content (AvgIpc) is 2.35. The molecule has 0 amide bonds. The molecule has 0 aromatic heterocycles. The summed E-state index contributed by atoms with van der Waals surface area (Å²) in [6.07, 6.45) is -0.377. The lowest BCUT2D eigenvalue weighted by atomic mass is 10.0. The maximum absolute atomic E-state index is 14.3. The molecule has 2 aromatic rings. The van der Waals surface area contributed by atoms with Gasteiger partial charge in [0.05, 0.1) is 16.5 Å². The summed E-state index contributed by atoms with van der Waals surface area (Å²) in [6.45, 7) is 0. The van der Waals surface area contributed by atoms with Gasteiger partial charge in [-0.25, -0.2) is 4.39 Å². The second-order valence-electron chi connectivity index (χ2n) is 3.95. The van der Waals surface area contributed by atoms with Gasteiger partial charge in [-0.3, -0.25) is 4.79 Å². The minimum atomic E-state index is -1.09. The number of carboxylic acids is 1. The fourth-order valence-electron chi connectivity index (χ4n) is 1.80. The normalized spacial score (nSPS) is 10.5. The first kappa shape index (κ1) is 13.8. The molecule has 19 heavy (non-hydrogen) atoms. The molecule has 0 saturated carbocycles. The summed E-state index contributed by atoms with van der Waals surface area (Å²) in [4.78, 5) is 10.7. The van der Waals surface area contributed by atoms with Gasteiger partial charge in [-0.1, -0.05) is 53.5 Å². The van der Waals surface area contributed by atoms with E-state index in [0.29, 0.717) is 10.6 Å². The van der Waals surface area contributed by atoms with Crippen LogP contribution in [0.5, 0.6) is 0 Å². The lowest BCUT2D eigenvalue weighted by Gasteiger charge is -2.09. The van der Waals surface area contributed by atoms with Gasteiger partial charge in [0.25, 0.3) is 0 Å². The van der Waals surface area contributed by atoms with Crippen LogP contribution in [0.4, 0.5) is 4.39 Å². The molecule has 0 aliphatic rings. The van der Waals surface area contributed by atoms with Crippen molar-refractivity contribution in [3.05, 3.63) is 57.8 Å². The number of carboxylic acid groups (broad SMARTS) is 1. The number of hydrogen-bond donors (Lipinski definition) is 1. The maximum Gasteiger partial charge on any atom is 0.307 e. The molecule has 0 fully saturated rings. The van der Waals surface area contributed by atoms with Crippen LogP contribution in [0.25, 0.3) is 11.1 Å². The van der Waals surface area contributed by atoms with Gasteiger partial charge in [0.15, 0.2) is 0 Å². The van der Waals surface area contributed by atoms with E-state index < -0.39 is 11.8 Å². The van der Waals surface area contributed by atoms with Crippen LogP contribution in [0.1, 0.15) is 5.56 Å². The molecule has 2 rings (SSSR count). The molecule has 2 aromatic carbocycles. The van der Waals surface area contributed by atoms with Gasteiger partial charge in [-0.15, -0.1) is 0 Å². The summed E-state index contributed by atoms with van der Waals surface area (Å²) in [5.74, 6) is -1.68. The Bertz CT molecular complexity index is 641. The molecule has 0 radical (unpaired) electrons. The Hall–Kier alpha value is -1.58. The third-order valence-corrected chi connectivity index (χ3v) is 3.48. The lowest BCUT2D eigenvalue weighted by Crippen LogP contribution is -2.03. The second-order valence-corrected chi connectivity index (χ2v) is 4.74. The standard InChI is InChI=1S/C14H9Cl2FO2/c15-11-6-2-4-9(13(11)16)10-5-1-3-8(14(10)17)7-12(18)19/h1-6H,7H2,(H,18,19). The van der Waals surface area contributed by atoms with E-state index in [1.54, 1.807) is 24.3 Å². The zero-order chi connectivity index (χ0) is 14.0. The van der Waals surface area contributed by atoms with E-state index in [1.807, 2.05) is 0 Å². The Balaban J connectivity index is 2.57. The van der Waals surface area contributed by atoms with Crippen LogP contribution in [-0.4, -0.2) is 11.1 Å². The minimum Gasteiger partial charge on any atom is -0.481 e. The monoisotopic (exact) mass is 298 g/mol. The first-order valence-electron chi connectivity index (χ1n) is 5.44. The number of benzene rings is 2. The van der Waals surface area contributed by atoms with E-state index in [4.69, 9.17) is 28.3 Å². The summed E-state index contributed by atoms with van der Waals surface area (Å²) < 4.78 is 14.3. The van der Waals surface area contributed by atoms with Gasteiger partial charge in [-0.2, -0.15) is 0 Å². The third kappa shape index (κ3) is 2.88. The third-order valence-electron chi connectivity index (χ3n) is 2.66. The molecular weight excluding hydrogens is 290 g/mol. The van der Waals surface area contributed by atoms with Crippen LogP contribution < -0.4 is 0 Å². The number of aliphatic carboxylic acids is 1.